The quantitative estimate of drug-likeness (QED) is 0.331. The fraction of sp³-hybridized carbons (Fsp3) is 0.333. The van der Waals surface area contributed by atoms with Crippen molar-refractivity contribution in [2.45, 2.75) is 44.4 Å². The number of rotatable bonds is 6. The van der Waals surface area contributed by atoms with Crippen LogP contribution in [0.3, 0.4) is 0 Å². The molecule has 6 rings (SSSR count). The lowest BCUT2D eigenvalue weighted by Crippen LogP contribution is -2.40. The van der Waals surface area contributed by atoms with Gasteiger partial charge in [0.15, 0.2) is 0 Å². The summed E-state index contributed by atoms with van der Waals surface area (Å²) < 4.78 is 41.7. The number of fused-ring (bicyclic) bond motifs is 2. The van der Waals surface area contributed by atoms with Crippen LogP contribution in [0, 0.1) is 0 Å². The Morgan fingerprint density at radius 1 is 0.838 bits per heavy atom. The highest BCUT2D eigenvalue weighted by molar-refractivity contribution is 6.00. The van der Waals surface area contributed by atoms with Gasteiger partial charge in [-0.2, -0.15) is 0 Å². The molecule has 1 fully saturated rings. The molecule has 3 aliphatic rings. The van der Waals surface area contributed by atoms with E-state index < -0.39 is 5.92 Å². The zero-order chi connectivity index (χ0) is 25.4. The van der Waals surface area contributed by atoms with Gasteiger partial charge < -0.3 is 0 Å². The van der Waals surface area contributed by atoms with E-state index in [9.17, 15) is 13.2 Å². The van der Waals surface area contributed by atoms with Crippen molar-refractivity contribution in [1.82, 2.24) is 4.90 Å². The van der Waals surface area contributed by atoms with Gasteiger partial charge in [0.05, 0.1) is 6.67 Å². The monoisotopic (exact) mass is 499 g/mol. The van der Waals surface area contributed by atoms with E-state index in [2.05, 4.69) is 59.5 Å². The van der Waals surface area contributed by atoms with Gasteiger partial charge in [0.2, 0.25) is 0 Å². The standard InChI is InChI=1S/C33H32F3N/c34-18-5-19-37-21-24(22-37)20-23-12-14-26(15-13-23)32-27-8-2-1-6-25(27)7-3-10-30(32)28-9-4-11-31-29(28)16-17-33(31,35)36/h1-2,4,6,8-9,11-15,20H,3,5,7,10,16-19,21-22H2. The van der Waals surface area contributed by atoms with Crippen LogP contribution in [0.5, 0.6) is 0 Å². The predicted octanol–water partition coefficient (Wildman–Crippen LogP) is 8.08. The topological polar surface area (TPSA) is 3.24 Å². The summed E-state index contributed by atoms with van der Waals surface area (Å²) >= 11 is 0. The number of aryl methyl sites for hydroxylation is 1. The molecule has 37 heavy (non-hydrogen) atoms. The average molecular weight is 500 g/mol. The van der Waals surface area contributed by atoms with Crippen LogP contribution in [0.1, 0.15) is 64.6 Å². The highest BCUT2D eigenvalue weighted by Crippen LogP contribution is 2.47. The fourth-order valence-electron chi connectivity index (χ4n) is 6.27. The Morgan fingerprint density at radius 2 is 1.62 bits per heavy atom. The van der Waals surface area contributed by atoms with E-state index in [0.29, 0.717) is 12.8 Å². The zero-order valence-corrected chi connectivity index (χ0v) is 21.1. The first-order chi connectivity index (χ1) is 18.0. The molecule has 0 unspecified atom stereocenters. The van der Waals surface area contributed by atoms with Crippen LogP contribution < -0.4 is 0 Å². The van der Waals surface area contributed by atoms with Gasteiger partial charge in [0.1, 0.15) is 0 Å². The molecule has 0 N–H and O–H groups in total. The second kappa shape index (κ2) is 9.98. The van der Waals surface area contributed by atoms with Crippen LogP contribution in [0.4, 0.5) is 13.2 Å². The van der Waals surface area contributed by atoms with E-state index in [-0.39, 0.29) is 18.7 Å². The number of alkyl halides is 3. The van der Waals surface area contributed by atoms with Gasteiger partial charge in [-0.15, -0.1) is 0 Å². The van der Waals surface area contributed by atoms with E-state index in [0.717, 1.165) is 61.2 Å². The number of halogens is 3. The molecule has 0 aromatic heterocycles. The third kappa shape index (κ3) is 4.68. The number of nitrogens with zero attached hydrogens (tertiary/aromatic N) is 1. The van der Waals surface area contributed by atoms with Gasteiger partial charge in [-0.1, -0.05) is 72.8 Å². The number of likely N-dealkylation sites (tertiary alicyclic amines) is 1. The van der Waals surface area contributed by atoms with Crippen LogP contribution in [0.15, 0.2) is 72.3 Å². The molecule has 0 radical (unpaired) electrons. The first kappa shape index (κ1) is 24.2. The van der Waals surface area contributed by atoms with E-state index in [4.69, 9.17) is 0 Å². The molecule has 3 aromatic rings. The summed E-state index contributed by atoms with van der Waals surface area (Å²) in [5.74, 6) is -2.74. The van der Waals surface area contributed by atoms with Gasteiger partial charge in [0, 0.05) is 31.6 Å². The third-order valence-corrected chi connectivity index (χ3v) is 8.08. The lowest BCUT2D eigenvalue weighted by molar-refractivity contribution is -0.00184. The van der Waals surface area contributed by atoms with Gasteiger partial charge >= 0.3 is 0 Å². The Kier molecular flexibility index (Phi) is 6.54. The molecule has 2 aliphatic carbocycles. The molecule has 1 heterocycles. The number of allylic oxidation sites excluding steroid dienone is 1. The number of hydrogen-bond donors (Lipinski definition) is 0. The Morgan fingerprint density at radius 3 is 2.43 bits per heavy atom. The van der Waals surface area contributed by atoms with Crippen LogP contribution in [0.25, 0.3) is 17.2 Å². The van der Waals surface area contributed by atoms with Gasteiger partial charge in [-0.25, -0.2) is 8.78 Å². The highest BCUT2D eigenvalue weighted by atomic mass is 19.3. The molecule has 0 spiro atoms. The average Bonchev–Trinajstić information content (AvgIpc) is 3.08. The van der Waals surface area contributed by atoms with Gasteiger partial charge in [-0.05, 0) is 82.2 Å². The Bertz CT molecular complexity index is 1360. The minimum absolute atomic E-state index is 0.104. The molecular formula is C33H32F3N. The molecule has 1 aliphatic heterocycles. The van der Waals surface area contributed by atoms with E-state index in [1.54, 1.807) is 12.1 Å². The van der Waals surface area contributed by atoms with Crippen molar-refractivity contribution < 1.29 is 13.2 Å². The summed E-state index contributed by atoms with van der Waals surface area (Å²) in [5, 5.41) is 0. The third-order valence-electron chi connectivity index (χ3n) is 8.08. The second-order valence-electron chi connectivity index (χ2n) is 10.6. The Labute approximate surface area is 217 Å². The summed E-state index contributed by atoms with van der Waals surface area (Å²) in [6.07, 6.45) is 6.00. The highest BCUT2D eigenvalue weighted by Gasteiger charge is 2.40. The molecule has 4 heteroatoms. The van der Waals surface area contributed by atoms with E-state index in [1.807, 2.05) is 6.07 Å². The van der Waals surface area contributed by atoms with Crippen molar-refractivity contribution in [3.63, 3.8) is 0 Å². The lowest BCUT2D eigenvalue weighted by Gasteiger charge is -2.33. The zero-order valence-electron chi connectivity index (χ0n) is 21.1. The van der Waals surface area contributed by atoms with Crippen molar-refractivity contribution in [2.75, 3.05) is 26.3 Å². The van der Waals surface area contributed by atoms with Crippen molar-refractivity contribution >= 4 is 17.2 Å². The summed E-state index contributed by atoms with van der Waals surface area (Å²) in [4.78, 5) is 2.27. The van der Waals surface area contributed by atoms with Crippen molar-refractivity contribution in [3.8, 4) is 0 Å². The Balaban J connectivity index is 1.40. The largest absolute Gasteiger partial charge is 0.295 e. The molecule has 3 aromatic carbocycles. The normalized spacial score (nSPS) is 18.7. The minimum Gasteiger partial charge on any atom is -0.295 e. The molecular weight excluding hydrogens is 467 g/mol. The summed E-state index contributed by atoms with van der Waals surface area (Å²) in [6, 6.07) is 22.7. The maximum Gasteiger partial charge on any atom is 0.273 e. The number of benzene rings is 3. The summed E-state index contributed by atoms with van der Waals surface area (Å²) in [7, 11) is 0. The van der Waals surface area contributed by atoms with Crippen molar-refractivity contribution in [2.24, 2.45) is 0 Å². The van der Waals surface area contributed by atoms with E-state index >= 15 is 0 Å². The molecule has 0 saturated carbocycles. The van der Waals surface area contributed by atoms with Crippen molar-refractivity contribution in [1.29, 1.82) is 0 Å². The fourth-order valence-corrected chi connectivity index (χ4v) is 6.27. The number of hydrogen-bond acceptors (Lipinski definition) is 1. The molecule has 1 saturated heterocycles. The van der Waals surface area contributed by atoms with Crippen LogP contribution in [-0.4, -0.2) is 31.2 Å². The first-order valence-corrected chi connectivity index (χ1v) is 13.4. The Hall–Kier alpha value is -3.11. The second-order valence-corrected chi connectivity index (χ2v) is 10.6. The first-order valence-electron chi connectivity index (χ1n) is 13.4. The summed E-state index contributed by atoms with van der Waals surface area (Å²) in [5.41, 5.74) is 10.6. The molecule has 0 amide bonds. The van der Waals surface area contributed by atoms with Crippen molar-refractivity contribution in [3.05, 3.63) is 111 Å². The smallest absolute Gasteiger partial charge is 0.273 e. The lowest BCUT2D eigenvalue weighted by atomic mass is 9.85. The van der Waals surface area contributed by atoms with Gasteiger partial charge in [0.25, 0.3) is 5.92 Å². The predicted molar refractivity (Wildman–Crippen MR) is 145 cm³/mol. The molecule has 190 valence electrons. The molecule has 0 bridgehead atoms. The van der Waals surface area contributed by atoms with E-state index in [1.165, 1.54) is 27.8 Å². The molecule has 0 atom stereocenters. The maximum absolute atomic E-state index is 14.7. The SMILES string of the molecule is FCCCN1CC(=Cc2ccc(C3=C(c4cccc5c4CCC5(F)F)CCCc4ccccc43)cc2)C1. The van der Waals surface area contributed by atoms with Crippen LogP contribution >= 0.6 is 0 Å². The van der Waals surface area contributed by atoms with Crippen LogP contribution in [-0.2, 0) is 18.8 Å². The van der Waals surface area contributed by atoms with Crippen LogP contribution in [0.2, 0.25) is 0 Å². The maximum atomic E-state index is 14.7. The molecule has 1 nitrogen and oxygen atoms in total. The summed E-state index contributed by atoms with van der Waals surface area (Å²) in [6.45, 7) is 2.38. The minimum atomic E-state index is -2.74. The van der Waals surface area contributed by atoms with Gasteiger partial charge in [-0.3, -0.25) is 9.29 Å².